The summed E-state index contributed by atoms with van der Waals surface area (Å²) in [6.45, 7) is 4.67. The van der Waals surface area contributed by atoms with Crippen LogP contribution < -0.4 is 5.32 Å². The van der Waals surface area contributed by atoms with E-state index >= 15 is 0 Å². The Kier molecular flexibility index (Phi) is 5.68. The Hall–Kier alpha value is -1.73. The van der Waals surface area contributed by atoms with Crippen molar-refractivity contribution in [1.29, 1.82) is 0 Å². The van der Waals surface area contributed by atoms with E-state index in [0.29, 0.717) is 24.3 Å². The zero-order chi connectivity index (χ0) is 16.1. The van der Waals surface area contributed by atoms with Gasteiger partial charge in [0.15, 0.2) is 5.82 Å². The van der Waals surface area contributed by atoms with Gasteiger partial charge in [-0.3, -0.25) is 9.69 Å². The van der Waals surface area contributed by atoms with Gasteiger partial charge in [-0.15, -0.1) is 0 Å². The van der Waals surface area contributed by atoms with Crippen LogP contribution in [0.1, 0.15) is 19.7 Å². The van der Waals surface area contributed by atoms with Crippen LogP contribution in [0.3, 0.4) is 0 Å². The summed E-state index contributed by atoms with van der Waals surface area (Å²) in [5.41, 5.74) is 0.832. The molecule has 6 nitrogen and oxygen atoms in total. The highest BCUT2D eigenvalue weighted by Crippen LogP contribution is 2.21. The van der Waals surface area contributed by atoms with E-state index in [0.717, 1.165) is 10.0 Å². The maximum Gasteiger partial charge on any atom is 0.258 e. The van der Waals surface area contributed by atoms with Gasteiger partial charge in [0.1, 0.15) is 0 Å². The molecule has 0 aliphatic rings. The molecule has 2 aromatic rings. The summed E-state index contributed by atoms with van der Waals surface area (Å²) in [5.74, 6) is 0.824. The van der Waals surface area contributed by atoms with E-state index < -0.39 is 0 Å². The number of likely N-dealkylation sites (N-methyl/N-ethyl adjacent to an activating group) is 1. The number of nitrogens with zero attached hydrogens (tertiary/aromatic N) is 3. The van der Waals surface area contributed by atoms with Crippen LogP contribution in [0.5, 0.6) is 0 Å². The Morgan fingerprint density at radius 2 is 2.23 bits per heavy atom. The normalized spacial score (nSPS) is 11.2. The molecule has 7 heteroatoms. The number of carbonyl (C=O) groups is 1. The molecular weight excluding hydrogens is 348 g/mol. The predicted molar refractivity (Wildman–Crippen MR) is 87.0 cm³/mol. The smallest absolute Gasteiger partial charge is 0.258 e. The molecule has 0 bridgehead atoms. The Morgan fingerprint density at radius 1 is 1.45 bits per heavy atom. The van der Waals surface area contributed by atoms with Gasteiger partial charge in [-0.05, 0) is 39.1 Å². The number of hydrogen-bond donors (Lipinski definition) is 1. The molecule has 0 aliphatic heterocycles. The van der Waals surface area contributed by atoms with Crippen LogP contribution in [0.2, 0.25) is 0 Å². The molecule has 0 spiro atoms. The van der Waals surface area contributed by atoms with Crippen LogP contribution in [0.4, 0.5) is 0 Å². The summed E-state index contributed by atoms with van der Waals surface area (Å²) >= 11 is 3.40. The molecule has 1 aromatic carbocycles. The number of aromatic nitrogens is 2. The Bertz CT molecular complexity index is 642. The lowest BCUT2D eigenvalue weighted by Crippen LogP contribution is -2.38. The van der Waals surface area contributed by atoms with Gasteiger partial charge in [-0.1, -0.05) is 27.2 Å². The van der Waals surface area contributed by atoms with Crippen molar-refractivity contribution >= 4 is 21.8 Å². The van der Waals surface area contributed by atoms with Crippen molar-refractivity contribution in [2.75, 3.05) is 13.6 Å². The van der Waals surface area contributed by atoms with Crippen molar-refractivity contribution < 1.29 is 9.32 Å². The molecule has 0 radical (unpaired) electrons. The van der Waals surface area contributed by atoms with Gasteiger partial charge < -0.3 is 9.84 Å². The van der Waals surface area contributed by atoms with Gasteiger partial charge in [-0.2, -0.15) is 4.98 Å². The van der Waals surface area contributed by atoms with E-state index in [-0.39, 0.29) is 12.5 Å². The lowest BCUT2D eigenvalue weighted by Gasteiger charge is -2.19. The van der Waals surface area contributed by atoms with Crippen molar-refractivity contribution in [3.8, 4) is 11.5 Å². The highest BCUT2D eigenvalue weighted by Gasteiger charge is 2.12. The summed E-state index contributed by atoms with van der Waals surface area (Å²) in [6, 6.07) is 7.92. The van der Waals surface area contributed by atoms with Crippen molar-refractivity contribution in [1.82, 2.24) is 20.4 Å². The second-order valence-corrected chi connectivity index (χ2v) is 6.23. The third kappa shape index (κ3) is 4.64. The zero-order valence-electron chi connectivity index (χ0n) is 12.8. The molecule has 0 saturated carbocycles. The summed E-state index contributed by atoms with van der Waals surface area (Å²) in [7, 11) is 1.91. The number of carbonyl (C=O) groups excluding carboxylic acids is 1. The van der Waals surface area contributed by atoms with Gasteiger partial charge in [-0.25, -0.2) is 0 Å². The number of nitrogens with one attached hydrogen (secondary N) is 1. The van der Waals surface area contributed by atoms with Gasteiger partial charge in [0.2, 0.25) is 5.91 Å². The average Bonchev–Trinajstić information content (AvgIpc) is 2.94. The molecule has 1 heterocycles. The van der Waals surface area contributed by atoms with E-state index in [4.69, 9.17) is 4.52 Å². The molecule has 22 heavy (non-hydrogen) atoms. The summed E-state index contributed by atoms with van der Waals surface area (Å²) in [6.07, 6.45) is 0. The SMILES string of the molecule is CC(C)N(C)CC(=O)NCc1noc(-c2cccc(Br)c2)n1. The maximum absolute atomic E-state index is 11.8. The zero-order valence-corrected chi connectivity index (χ0v) is 14.4. The van der Waals surface area contributed by atoms with Gasteiger partial charge in [0.25, 0.3) is 5.89 Å². The fourth-order valence-corrected chi connectivity index (χ4v) is 2.11. The fourth-order valence-electron chi connectivity index (χ4n) is 1.71. The first-order valence-electron chi connectivity index (χ1n) is 7.01. The van der Waals surface area contributed by atoms with Gasteiger partial charge >= 0.3 is 0 Å². The maximum atomic E-state index is 11.8. The Labute approximate surface area is 138 Å². The fraction of sp³-hybridized carbons (Fsp3) is 0.400. The van der Waals surface area contributed by atoms with Crippen LogP contribution in [0.25, 0.3) is 11.5 Å². The molecule has 0 aliphatic carbocycles. The molecule has 0 fully saturated rings. The monoisotopic (exact) mass is 366 g/mol. The van der Waals surface area contributed by atoms with E-state index in [9.17, 15) is 4.79 Å². The average molecular weight is 367 g/mol. The Morgan fingerprint density at radius 3 is 2.91 bits per heavy atom. The third-order valence-corrected chi connectivity index (χ3v) is 3.75. The van der Waals surface area contributed by atoms with Gasteiger partial charge in [0, 0.05) is 16.1 Å². The number of rotatable bonds is 6. The highest BCUT2D eigenvalue weighted by atomic mass is 79.9. The van der Waals surface area contributed by atoms with Crippen molar-refractivity contribution in [3.63, 3.8) is 0 Å². The predicted octanol–water partition coefficient (Wildman–Crippen LogP) is 2.46. The first-order valence-corrected chi connectivity index (χ1v) is 7.80. The molecule has 0 saturated heterocycles. The standard InChI is InChI=1S/C15H19BrN4O2/c1-10(2)20(3)9-14(21)17-8-13-18-15(22-19-13)11-5-4-6-12(16)7-11/h4-7,10H,8-9H2,1-3H3,(H,17,21). The molecule has 1 aromatic heterocycles. The van der Waals surface area contributed by atoms with Crippen molar-refractivity contribution in [2.24, 2.45) is 0 Å². The number of hydrogen-bond acceptors (Lipinski definition) is 5. The number of halogens is 1. The molecular formula is C15H19BrN4O2. The first-order chi connectivity index (χ1) is 10.5. The third-order valence-electron chi connectivity index (χ3n) is 3.26. The van der Waals surface area contributed by atoms with Gasteiger partial charge in [0.05, 0.1) is 13.1 Å². The van der Waals surface area contributed by atoms with Crippen LogP contribution in [-0.4, -0.2) is 40.6 Å². The lowest BCUT2D eigenvalue weighted by atomic mass is 10.2. The van der Waals surface area contributed by atoms with Crippen molar-refractivity contribution in [2.45, 2.75) is 26.4 Å². The van der Waals surface area contributed by atoms with Crippen LogP contribution >= 0.6 is 15.9 Å². The minimum absolute atomic E-state index is 0.0648. The lowest BCUT2D eigenvalue weighted by molar-refractivity contribution is -0.122. The summed E-state index contributed by atoms with van der Waals surface area (Å²) in [5, 5.41) is 6.66. The number of benzene rings is 1. The van der Waals surface area contributed by atoms with Crippen molar-refractivity contribution in [3.05, 3.63) is 34.6 Å². The molecule has 0 unspecified atom stereocenters. The second kappa shape index (κ2) is 7.51. The van der Waals surface area contributed by atoms with E-state index in [1.54, 1.807) is 0 Å². The highest BCUT2D eigenvalue weighted by molar-refractivity contribution is 9.10. The summed E-state index contributed by atoms with van der Waals surface area (Å²) in [4.78, 5) is 18.0. The second-order valence-electron chi connectivity index (χ2n) is 5.31. The van der Waals surface area contributed by atoms with E-state index in [2.05, 4.69) is 31.4 Å². The quantitative estimate of drug-likeness (QED) is 0.849. The summed E-state index contributed by atoms with van der Waals surface area (Å²) < 4.78 is 6.15. The van der Waals surface area contributed by atoms with E-state index in [1.165, 1.54) is 0 Å². The largest absolute Gasteiger partial charge is 0.348 e. The number of amides is 1. The van der Waals surface area contributed by atoms with Crippen LogP contribution in [0.15, 0.2) is 33.3 Å². The Balaban J connectivity index is 1.91. The molecule has 1 amide bonds. The topological polar surface area (TPSA) is 71.3 Å². The minimum atomic E-state index is -0.0648. The minimum Gasteiger partial charge on any atom is -0.348 e. The molecule has 2 rings (SSSR count). The first kappa shape index (κ1) is 16.6. The molecule has 0 atom stereocenters. The molecule has 118 valence electrons. The van der Waals surface area contributed by atoms with Crippen LogP contribution in [-0.2, 0) is 11.3 Å². The van der Waals surface area contributed by atoms with E-state index in [1.807, 2.05) is 50.1 Å². The van der Waals surface area contributed by atoms with Crippen LogP contribution in [0, 0.1) is 0 Å². The molecule has 1 N–H and O–H groups in total.